The van der Waals surface area contributed by atoms with E-state index in [1.807, 2.05) is 13.0 Å². The molecule has 0 aliphatic carbocycles. The van der Waals surface area contributed by atoms with E-state index >= 15 is 0 Å². The Kier molecular flexibility index (Phi) is 5.73. The third-order valence-electron chi connectivity index (χ3n) is 4.82. The van der Waals surface area contributed by atoms with Crippen LogP contribution in [0.4, 0.5) is 5.13 Å². The molecule has 3 aromatic rings. The van der Waals surface area contributed by atoms with Crippen molar-refractivity contribution in [1.82, 2.24) is 29.2 Å². The molecule has 0 saturated carbocycles. The molecule has 4 heterocycles. The fourth-order valence-electron chi connectivity index (χ4n) is 3.14. The Morgan fingerprint density at radius 3 is 2.64 bits per heavy atom. The standard InChI is InChI=1S/C19H23N7OS/c1-14-21-12-16(13-22-14)18-23-19(28-24-18)26-9-7-25(8-10-26)6-4-15-3-5-20-17(11-15)27-2/h3,5,11-13H,4,6-10H2,1-2H3. The van der Waals surface area contributed by atoms with Crippen molar-refractivity contribution in [3.63, 3.8) is 0 Å². The van der Waals surface area contributed by atoms with Crippen LogP contribution in [0.2, 0.25) is 0 Å². The van der Waals surface area contributed by atoms with Crippen LogP contribution in [0, 0.1) is 6.92 Å². The SMILES string of the molecule is COc1cc(CCN2CCN(c3nc(-c4cnc(C)nc4)ns3)CC2)ccn1. The summed E-state index contributed by atoms with van der Waals surface area (Å²) in [4.78, 5) is 22.1. The Morgan fingerprint density at radius 1 is 1.11 bits per heavy atom. The van der Waals surface area contributed by atoms with Gasteiger partial charge in [0.05, 0.1) is 12.7 Å². The van der Waals surface area contributed by atoms with Crippen molar-refractivity contribution in [2.24, 2.45) is 0 Å². The second kappa shape index (κ2) is 8.57. The number of anilines is 1. The van der Waals surface area contributed by atoms with Gasteiger partial charge in [-0.05, 0) is 25.0 Å². The van der Waals surface area contributed by atoms with E-state index in [1.54, 1.807) is 25.7 Å². The van der Waals surface area contributed by atoms with Gasteiger partial charge in [0.1, 0.15) is 5.82 Å². The van der Waals surface area contributed by atoms with Crippen LogP contribution in [0.1, 0.15) is 11.4 Å². The Hall–Kier alpha value is -2.65. The molecule has 1 aliphatic heterocycles. The minimum atomic E-state index is 0.674. The number of rotatable bonds is 6. The molecule has 4 rings (SSSR count). The number of piperazine rings is 1. The monoisotopic (exact) mass is 397 g/mol. The molecule has 0 spiro atoms. The summed E-state index contributed by atoms with van der Waals surface area (Å²) in [6.07, 6.45) is 6.36. The first-order valence-corrected chi connectivity index (χ1v) is 10.1. The van der Waals surface area contributed by atoms with E-state index < -0.39 is 0 Å². The number of aromatic nitrogens is 5. The Morgan fingerprint density at radius 2 is 1.89 bits per heavy atom. The topological polar surface area (TPSA) is 80.2 Å². The number of hydrogen-bond acceptors (Lipinski definition) is 9. The zero-order chi connectivity index (χ0) is 19.3. The highest BCUT2D eigenvalue weighted by molar-refractivity contribution is 7.09. The molecule has 28 heavy (non-hydrogen) atoms. The third-order valence-corrected chi connectivity index (χ3v) is 5.60. The van der Waals surface area contributed by atoms with Crippen LogP contribution in [0.5, 0.6) is 5.88 Å². The van der Waals surface area contributed by atoms with Crippen molar-refractivity contribution in [3.8, 4) is 17.3 Å². The van der Waals surface area contributed by atoms with Crippen LogP contribution >= 0.6 is 11.5 Å². The van der Waals surface area contributed by atoms with Gasteiger partial charge in [0.15, 0.2) is 5.82 Å². The highest BCUT2D eigenvalue weighted by Gasteiger charge is 2.20. The van der Waals surface area contributed by atoms with Gasteiger partial charge >= 0.3 is 0 Å². The second-order valence-electron chi connectivity index (χ2n) is 6.70. The molecule has 146 valence electrons. The first kappa shape index (κ1) is 18.7. The number of hydrogen-bond donors (Lipinski definition) is 0. The van der Waals surface area contributed by atoms with Gasteiger partial charge in [-0.25, -0.2) is 15.0 Å². The number of aryl methyl sites for hydroxylation is 1. The van der Waals surface area contributed by atoms with Crippen LogP contribution in [0.15, 0.2) is 30.7 Å². The largest absolute Gasteiger partial charge is 0.481 e. The Labute approximate surface area is 168 Å². The summed E-state index contributed by atoms with van der Waals surface area (Å²) in [6, 6.07) is 4.06. The molecular formula is C19H23N7OS. The van der Waals surface area contributed by atoms with E-state index in [9.17, 15) is 0 Å². The van der Waals surface area contributed by atoms with Crippen molar-refractivity contribution in [3.05, 3.63) is 42.1 Å². The first-order valence-electron chi connectivity index (χ1n) is 9.30. The Bertz CT molecular complexity index is 907. The molecule has 0 N–H and O–H groups in total. The molecule has 3 aromatic heterocycles. The lowest BCUT2D eigenvalue weighted by Crippen LogP contribution is -2.47. The van der Waals surface area contributed by atoms with Crippen molar-refractivity contribution >= 4 is 16.7 Å². The third kappa shape index (κ3) is 4.42. The maximum Gasteiger partial charge on any atom is 0.213 e. The van der Waals surface area contributed by atoms with E-state index in [0.717, 1.165) is 55.7 Å². The van der Waals surface area contributed by atoms with Crippen molar-refractivity contribution in [1.29, 1.82) is 0 Å². The van der Waals surface area contributed by atoms with E-state index in [1.165, 1.54) is 17.1 Å². The average molecular weight is 398 g/mol. The molecule has 0 atom stereocenters. The zero-order valence-corrected chi connectivity index (χ0v) is 16.9. The van der Waals surface area contributed by atoms with E-state index in [4.69, 9.17) is 4.74 Å². The van der Waals surface area contributed by atoms with Crippen LogP contribution in [0.3, 0.4) is 0 Å². The predicted octanol–water partition coefficient (Wildman–Crippen LogP) is 2.07. The number of methoxy groups -OCH3 is 1. The summed E-state index contributed by atoms with van der Waals surface area (Å²) in [5.74, 6) is 2.13. The minimum absolute atomic E-state index is 0.674. The highest BCUT2D eigenvalue weighted by Crippen LogP contribution is 2.24. The van der Waals surface area contributed by atoms with Crippen LogP contribution in [-0.4, -0.2) is 69.0 Å². The summed E-state index contributed by atoms with van der Waals surface area (Å²) in [5.41, 5.74) is 2.11. The molecule has 1 aliphatic rings. The van der Waals surface area contributed by atoms with Crippen molar-refractivity contribution < 1.29 is 4.74 Å². The van der Waals surface area contributed by atoms with Gasteiger partial charge in [-0.1, -0.05) is 0 Å². The van der Waals surface area contributed by atoms with Gasteiger partial charge in [-0.3, -0.25) is 4.90 Å². The Balaban J connectivity index is 1.30. The van der Waals surface area contributed by atoms with Crippen LogP contribution in [-0.2, 0) is 6.42 Å². The molecule has 0 amide bonds. The lowest BCUT2D eigenvalue weighted by atomic mass is 10.2. The van der Waals surface area contributed by atoms with E-state index in [2.05, 4.69) is 40.2 Å². The van der Waals surface area contributed by atoms with E-state index in [-0.39, 0.29) is 0 Å². The summed E-state index contributed by atoms with van der Waals surface area (Å²) >= 11 is 1.44. The average Bonchev–Trinajstić information content (AvgIpc) is 3.23. The summed E-state index contributed by atoms with van der Waals surface area (Å²) in [7, 11) is 1.65. The maximum atomic E-state index is 5.20. The van der Waals surface area contributed by atoms with Crippen molar-refractivity contribution in [2.45, 2.75) is 13.3 Å². The zero-order valence-electron chi connectivity index (χ0n) is 16.1. The number of pyridine rings is 1. The summed E-state index contributed by atoms with van der Waals surface area (Å²) < 4.78 is 9.68. The van der Waals surface area contributed by atoms with Gasteiger partial charge in [-0.2, -0.15) is 9.36 Å². The smallest absolute Gasteiger partial charge is 0.213 e. The first-order chi connectivity index (χ1) is 13.7. The lowest BCUT2D eigenvalue weighted by molar-refractivity contribution is 0.261. The lowest BCUT2D eigenvalue weighted by Gasteiger charge is -2.34. The molecule has 8 nitrogen and oxygen atoms in total. The molecule has 0 bridgehead atoms. The molecule has 0 unspecified atom stereocenters. The van der Waals surface area contributed by atoms with Gasteiger partial charge in [0.2, 0.25) is 11.0 Å². The maximum absolute atomic E-state index is 5.20. The quantitative estimate of drug-likeness (QED) is 0.625. The highest BCUT2D eigenvalue weighted by atomic mass is 32.1. The second-order valence-corrected chi connectivity index (χ2v) is 7.43. The summed E-state index contributed by atoms with van der Waals surface area (Å²) in [5, 5.41) is 0.967. The number of nitrogens with zero attached hydrogens (tertiary/aromatic N) is 7. The molecule has 0 radical (unpaired) electrons. The molecule has 0 aromatic carbocycles. The van der Waals surface area contributed by atoms with Crippen LogP contribution in [0.25, 0.3) is 11.4 Å². The molecule has 1 fully saturated rings. The van der Waals surface area contributed by atoms with Gasteiger partial charge in [0.25, 0.3) is 0 Å². The molecular weight excluding hydrogens is 374 g/mol. The minimum Gasteiger partial charge on any atom is -0.481 e. The van der Waals surface area contributed by atoms with Crippen molar-refractivity contribution in [2.75, 3.05) is 44.7 Å². The normalized spacial score (nSPS) is 15.0. The van der Waals surface area contributed by atoms with Gasteiger partial charge < -0.3 is 9.64 Å². The van der Waals surface area contributed by atoms with Gasteiger partial charge in [0, 0.05) is 68.9 Å². The fourth-order valence-corrected chi connectivity index (χ4v) is 3.88. The number of ether oxygens (including phenoxy) is 1. The van der Waals surface area contributed by atoms with E-state index in [0.29, 0.717) is 11.7 Å². The van der Waals surface area contributed by atoms with Crippen LogP contribution < -0.4 is 9.64 Å². The predicted molar refractivity (Wildman–Crippen MR) is 109 cm³/mol. The molecule has 1 saturated heterocycles. The van der Waals surface area contributed by atoms with Gasteiger partial charge in [-0.15, -0.1) is 0 Å². The molecule has 9 heteroatoms. The summed E-state index contributed by atoms with van der Waals surface area (Å²) in [6.45, 7) is 6.85. The fraction of sp³-hybridized carbons (Fsp3) is 0.421.